The minimum atomic E-state index is -1.04. The highest BCUT2D eigenvalue weighted by atomic mass is 35.5. The summed E-state index contributed by atoms with van der Waals surface area (Å²) in [4.78, 5) is 27.7. The van der Waals surface area contributed by atoms with E-state index in [0.717, 1.165) is 22.5 Å². The molecule has 1 amide bonds. The predicted octanol–water partition coefficient (Wildman–Crippen LogP) is 7.81. The lowest BCUT2D eigenvalue weighted by Crippen LogP contribution is -2.30. The van der Waals surface area contributed by atoms with E-state index in [0.29, 0.717) is 32.6 Å². The van der Waals surface area contributed by atoms with Gasteiger partial charge in [-0.2, -0.15) is 0 Å². The third-order valence-electron chi connectivity index (χ3n) is 6.90. The minimum absolute atomic E-state index is 0.0602. The van der Waals surface area contributed by atoms with Gasteiger partial charge in [-0.15, -0.1) is 0 Å². The van der Waals surface area contributed by atoms with Crippen molar-refractivity contribution in [3.8, 4) is 17.0 Å². The Morgan fingerprint density at radius 1 is 0.947 bits per heavy atom. The van der Waals surface area contributed by atoms with E-state index in [1.54, 1.807) is 30.2 Å². The molecule has 0 radical (unpaired) electrons. The number of nitrogens with zero attached hydrogens (tertiary/aromatic N) is 2. The Balaban J connectivity index is 1.81. The zero-order chi connectivity index (χ0) is 27.3. The SMILES string of the molecule is COc1ccc(C(=O)O)cc1-c1cc2c(n1C(C)C)[C@@H](c1ccc(Cl)cc1)N(c1cc(Cl)ccc1C)C2=O. The number of aryl methyl sites for hydroxylation is 1. The van der Waals surface area contributed by atoms with Crippen molar-refractivity contribution in [2.75, 3.05) is 12.0 Å². The Hall–Kier alpha value is -3.74. The van der Waals surface area contributed by atoms with Gasteiger partial charge in [-0.1, -0.05) is 41.4 Å². The largest absolute Gasteiger partial charge is 0.496 e. The number of carbonyl (C=O) groups is 2. The number of fused-ring (bicyclic) bond motifs is 1. The lowest BCUT2D eigenvalue weighted by atomic mass is 10.0. The Morgan fingerprint density at radius 2 is 1.63 bits per heavy atom. The van der Waals surface area contributed by atoms with Crippen LogP contribution in [-0.4, -0.2) is 28.7 Å². The van der Waals surface area contributed by atoms with Crippen molar-refractivity contribution in [2.24, 2.45) is 0 Å². The maximum atomic E-state index is 14.2. The molecular formula is C30H26Cl2N2O4. The van der Waals surface area contributed by atoms with E-state index in [4.69, 9.17) is 27.9 Å². The number of carboxylic acids is 1. The Bertz CT molecular complexity index is 1570. The van der Waals surface area contributed by atoms with Crippen LogP contribution >= 0.6 is 23.2 Å². The molecule has 8 heteroatoms. The standard InChI is InChI=1S/C30H26Cl2N2O4/c1-16(2)33-25(22-13-19(30(36)37)8-12-26(22)38-4)15-23-28(33)27(18-6-10-20(31)11-7-18)34(29(23)35)24-14-21(32)9-5-17(24)3/h5-16,27H,1-4H3,(H,36,37)/t27-/m1/s1. The summed E-state index contributed by atoms with van der Waals surface area (Å²) in [5, 5.41) is 10.8. The Kier molecular flexibility index (Phi) is 6.72. The molecule has 2 heterocycles. The molecule has 4 aromatic rings. The van der Waals surface area contributed by atoms with E-state index in [1.165, 1.54) is 6.07 Å². The van der Waals surface area contributed by atoms with Gasteiger partial charge in [0.1, 0.15) is 11.8 Å². The van der Waals surface area contributed by atoms with E-state index in [9.17, 15) is 14.7 Å². The van der Waals surface area contributed by atoms with Gasteiger partial charge >= 0.3 is 5.97 Å². The van der Waals surface area contributed by atoms with Gasteiger partial charge in [0, 0.05) is 27.3 Å². The molecule has 38 heavy (non-hydrogen) atoms. The minimum Gasteiger partial charge on any atom is -0.496 e. The molecule has 0 aliphatic carbocycles. The molecule has 0 unspecified atom stereocenters. The number of methoxy groups -OCH3 is 1. The van der Waals surface area contributed by atoms with Crippen LogP contribution in [0.2, 0.25) is 10.0 Å². The van der Waals surface area contributed by atoms with Crippen LogP contribution in [0.15, 0.2) is 66.7 Å². The van der Waals surface area contributed by atoms with E-state index < -0.39 is 12.0 Å². The van der Waals surface area contributed by atoms with Crippen molar-refractivity contribution < 1.29 is 19.4 Å². The highest BCUT2D eigenvalue weighted by Crippen LogP contribution is 2.48. The molecule has 1 N–H and O–H groups in total. The van der Waals surface area contributed by atoms with Crippen LogP contribution in [0, 0.1) is 6.92 Å². The number of ether oxygens (including phenoxy) is 1. The third kappa shape index (κ3) is 4.24. The summed E-state index contributed by atoms with van der Waals surface area (Å²) < 4.78 is 7.70. The van der Waals surface area contributed by atoms with E-state index in [1.807, 2.05) is 63.2 Å². The molecule has 0 spiro atoms. The van der Waals surface area contributed by atoms with Gasteiger partial charge in [0.2, 0.25) is 0 Å². The second-order valence-corrected chi connectivity index (χ2v) is 10.4. The Labute approximate surface area is 231 Å². The van der Waals surface area contributed by atoms with Crippen LogP contribution in [0.25, 0.3) is 11.3 Å². The van der Waals surface area contributed by atoms with Gasteiger partial charge in [-0.05, 0) is 80.4 Å². The fourth-order valence-corrected chi connectivity index (χ4v) is 5.50. The van der Waals surface area contributed by atoms with Crippen molar-refractivity contribution in [1.82, 2.24) is 4.57 Å². The third-order valence-corrected chi connectivity index (χ3v) is 7.38. The normalized spacial score (nSPS) is 14.8. The lowest BCUT2D eigenvalue weighted by Gasteiger charge is -2.30. The lowest BCUT2D eigenvalue weighted by molar-refractivity contribution is 0.0696. The van der Waals surface area contributed by atoms with Crippen molar-refractivity contribution in [1.29, 1.82) is 0 Å². The molecule has 1 aliphatic heterocycles. The first kappa shape index (κ1) is 25.9. The highest BCUT2D eigenvalue weighted by Gasteiger charge is 2.44. The topological polar surface area (TPSA) is 71.8 Å². The number of benzene rings is 3. The first-order valence-corrected chi connectivity index (χ1v) is 12.9. The number of amides is 1. The van der Waals surface area contributed by atoms with Gasteiger partial charge in [0.05, 0.1) is 29.6 Å². The summed E-state index contributed by atoms with van der Waals surface area (Å²) in [6.45, 7) is 6.02. The first-order valence-electron chi connectivity index (χ1n) is 12.1. The molecule has 5 rings (SSSR count). The van der Waals surface area contributed by atoms with Gasteiger partial charge in [-0.25, -0.2) is 4.79 Å². The number of aromatic nitrogens is 1. The second kappa shape index (κ2) is 9.86. The number of hydrogen-bond acceptors (Lipinski definition) is 3. The van der Waals surface area contributed by atoms with Gasteiger partial charge < -0.3 is 14.4 Å². The Morgan fingerprint density at radius 3 is 2.26 bits per heavy atom. The zero-order valence-electron chi connectivity index (χ0n) is 21.3. The van der Waals surface area contributed by atoms with Gasteiger partial charge in [-0.3, -0.25) is 9.69 Å². The molecule has 0 saturated heterocycles. The van der Waals surface area contributed by atoms with Gasteiger partial charge in [0.25, 0.3) is 5.91 Å². The summed E-state index contributed by atoms with van der Waals surface area (Å²) in [6, 6.07) is 19.0. The van der Waals surface area contributed by atoms with Gasteiger partial charge in [0.15, 0.2) is 0 Å². The van der Waals surface area contributed by atoms with Crippen molar-refractivity contribution >= 4 is 40.8 Å². The fraction of sp³-hybridized carbons (Fsp3) is 0.200. The summed E-state index contributed by atoms with van der Waals surface area (Å²) in [6.07, 6.45) is 0. The number of hydrogen-bond donors (Lipinski definition) is 1. The van der Waals surface area contributed by atoms with Crippen molar-refractivity contribution in [3.63, 3.8) is 0 Å². The summed E-state index contributed by atoms with van der Waals surface area (Å²) in [5.41, 5.74) is 5.32. The average molecular weight is 549 g/mol. The van der Waals surface area contributed by atoms with Crippen LogP contribution in [0.3, 0.4) is 0 Å². The molecule has 1 aromatic heterocycles. The van der Waals surface area contributed by atoms with E-state index >= 15 is 0 Å². The molecule has 0 saturated carbocycles. The van der Waals surface area contributed by atoms with E-state index in [2.05, 4.69) is 4.57 Å². The van der Waals surface area contributed by atoms with Crippen LogP contribution in [-0.2, 0) is 0 Å². The number of carboxylic acid groups (broad SMARTS) is 1. The van der Waals surface area contributed by atoms with Crippen molar-refractivity contribution in [3.05, 3.63) is 105 Å². The molecule has 1 atom stereocenters. The molecule has 194 valence electrons. The van der Waals surface area contributed by atoms with Crippen LogP contribution < -0.4 is 9.64 Å². The molecular weight excluding hydrogens is 523 g/mol. The zero-order valence-corrected chi connectivity index (χ0v) is 22.8. The summed E-state index contributed by atoms with van der Waals surface area (Å²) >= 11 is 12.6. The number of rotatable bonds is 6. The molecule has 6 nitrogen and oxygen atoms in total. The molecule has 0 fully saturated rings. The smallest absolute Gasteiger partial charge is 0.335 e. The number of anilines is 1. The second-order valence-electron chi connectivity index (χ2n) is 9.57. The monoisotopic (exact) mass is 548 g/mol. The summed E-state index contributed by atoms with van der Waals surface area (Å²) in [5.74, 6) is -0.688. The average Bonchev–Trinajstić information content (AvgIpc) is 3.41. The van der Waals surface area contributed by atoms with Crippen LogP contribution in [0.4, 0.5) is 5.69 Å². The van der Waals surface area contributed by atoms with Crippen molar-refractivity contribution in [2.45, 2.75) is 32.9 Å². The number of halogens is 2. The first-order chi connectivity index (χ1) is 18.1. The number of carbonyl (C=O) groups excluding carboxylic acids is 1. The maximum Gasteiger partial charge on any atom is 0.335 e. The molecule has 1 aliphatic rings. The van der Waals surface area contributed by atoms with Crippen LogP contribution in [0.1, 0.15) is 63.5 Å². The highest BCUT2D eigenvalue weighted by molar-refractivity contribution is 6.31. The predicted molar refractivity (Wildman–Crippen MR) is 150 cm³/mol. The molecule has 3 aromatic carbocycles. The van der Waals surface area contributed by atoms with E-state index in [-0.39, 0.29) is 17.5 Å². The molecule has 0 bridgehead atoms. The fourth-order valence-electron chi connectivity index (χ4n) is 5.21. The quantitative estimate of drug-likeness (QED) is 0.266. The summed E-state index contributed by atoms with van der Waals surface area (Å²) in [7, 11) is 1.54. The number of aromatic carboxylic acids is 1. The maximum absolute atomic E-state index is 14.2. The van der Waals surface area contributed by atoms with Crippen LogP contribution in [0.5, 0.6) is 5.75 Å².